The first-order valence-corrected chi connectivity index (χ1v) is 5.54. The van der Waals surface area contributed by atoms with Gasteiger partial charge >= 0.3 is 0 Å². The van der Waals surface area contributed by atoms with Crippen LogP contribution in [0.1, 0.15) is 19.8 Å². The largest absolute Gasteiger partial charge is 0.394 e. The SMILES string of the molecule is CCCCOC1O[C@@H](CO)[C@H](O)[C@@H](O)[C@@H]1O. The zero-order chi connectivity index (χ0) is 12.1. The van der Waals surface area contributed by atoms with Gasteiger partial charge in [0.2, 0.25) is 0 Å². The molecule has 1 saturated heterocycles. The lowest BCUT2D eigenvalue weighted by atomic mass is 9.99. The molecule has 1 unspecified atom stereocenters. The molecule has 96 valence electrons. The third-order valence-electron chi connectivity index (χ3n) is 2.63. The maximum Gasteiger partial charge on any atom is 0.186 e. The van der Waals surface area contributed by atoms with Crippen molar-refractivity contribution in [2.75, 3.05) is 13.2 Å². The molecule has 0 amide bonds. The predicted molar refractivity (Wildman–Crippen MR) is 54.6 cm³/mol. The number of ether oxygens (including phenoxy) is 2. The molecule has 0 aromatic rings. The Morgan fingerprint density at radius 3 is 2.38 bits per heavy atom. The van der Waals surface area contributed by atoms with Crippen molar-refractivity contribution in [3.05, 3.63) is 0 Å². The fourth-order valence-corrected chi connectivity index (χ4v) is 1.55. The van der Waals surface area contributed by atoms with Crippen LogP contribution in [-0.4, -0.2) is 64.3 Å². The molecule has 1 rings (SSSR count). The van der Waals surface area contributed by atoms with Crippen molar-refractivity contribution in [1.29, 1.82) is 0 Å². The van der Waals surface area contributed by atoms with E-state index in [4.69, 9.17) is 14.6 Å². The van der Waals surface area contributed by atoms with Gasteiger partial charge in [-0.1, -0.05) is 13.3 Å². The molecule has 6 nitrogen and oxygen atoms in total. The van der Waals surface area contributed by atoms with E-state index in [0.717, 1.165) is 12.8 Å². The van der Waals surface area contributed by atoms with Crippen molar-refractivity contribution < 1.29 is 29.9 Å². The molecular weight excluding hydrogens is 216 g/mol. The number of rotatable bonds is 5. The Labute approximate surface area is 94.4 Å². The average Bonchev–Trinajstić information content (AvgIpc) is 2.29. The van der Waals surface area contributed by atoms with Crippen molar-refractivity contribution in [3.8, 4) is 0 Å². The second-order valence-electron chi connectivity index (χ2n) is 3.92. The third kappa shape index (κ3) is 3.13. The van der Waals surface area contributed by atoms with E-state index in [9.17, 15) is 15.3 Å². The van der Waals surface area contributed by atoms with Crippen molar-refractivity contribution in [2.24, 2.45) is 0 Å². The molecule has 0 bridgehead atoms. The molecule has 0 aromatic heterocycles. The van der Waals surface area contributed by atoms with E-state index >= 15 is 0 Å². The van der Waals surface area contributed by atoms with Crippen LogP contribution in [0, 0.1) is 0 Å². The van der Waals surface area contributed by atoms with Gasteiger partial charge < -0.3 is 29.9 Å². The van der Waals surface area contributed by atoms with E-state index in [2.05, 4.69) is 0 Å². The highest BCUT2D eigenvalue weighted by Crippen LogP contribution is 2.21. The Hall–Kier alpha value is -0.240. The van der Waals surface area contributed by atoms with Crippen molar-refractivity contribution in [3.63, 3.8) is 0 Å². The van der Waals surface area contributed by atoms with E-state index in [1.54, 1.807) is 0 Å². The van der Waals surface area contributed by atoms with Crippen LogP contribution in [0.3, 0.4) is 0 Å². The first-order valence-electron chi connectivity index (χ1n) is 5.54. The summed E-state index contributed by atoms with van der Waals surface area (Å²) in [6.07, 6.45) is -4.13. The summed E-state index contributed by atoms with van der Waals surface area (Å²) in [6.45, 7) is 1.97. The van der Waals surface area contributed by atoms with E-state index in [1.165, 1.54) is 0 Å². The van der Waals surface area contributed by atoms with Crippen molar-refractivity contribution in [2.45, 2.75) is 50.5 Å². The van der Waals surface area contributed by atoms with Gasteiger partial charge in [0, 0.05) is 6.61 Å². The molecule has 1 aliphatic heterocycles. The predicted octanol–water partition coefficient (Wildman–Crippen LogP) is -1.40. The quantitative estimate of drug-likeness (QED) is 0.438. The topological polar surface area (TPSA) is 99.4 Å². The van der Waals surface area contributed by atoms with E-state index < -0.39 is 37.3 Å². The Morgan fingerprint density at radius 2 is 1.81 bits per heavy atom. The number of aliphatic hydroxyl groups excluding tert-OH is 4. The molecule has 5 atom stereocenters. The van der Waals surface area contributed by atoms with Crippen LogP contribution in [0.5, 0.6) is 0 Å². The molecule has 0 aromatic carbocycles. The fraction of sp³-hybridized carbons (Fsp3) is 1.00. The van der Waals surface area contributed by atoms with E-state index in [-0.39, 0.29) is 0 Å². The van der Waals surface area contributed by atoms with Gasteiger partial charge in [0.25, 0.3) is 0 Å². The minimum Gasteiger partial charge on any atom is -0.394 e. The maximum absolute atomic E-state index is 9.58. The summed E-state index contributed by atoms with van der Waals surface area (Å²) >= 11 is 0. The Kier molecular flexibility index (Phi) is 5.60. The third-order valence-corrected chi connectivity index (χ3v) is 2.63. The highest BCUT2D eigenvalue weighted by molar-refractivity contribution is 4.88. The van der Waals surface area contributed by atoms with Crippen molar-refractivity contribution in [1.82, 2.24) is 0 Å². The van der Waals surface area contributed by atoms with Crippen molar-refractivity contribution >= 4 is 0 Å². The Balaban J connectivity index is 2.50. The monoisotopic (exact) mass is 236 g/mol. The second-order valence-corrected chi connectivity index (χ2v) is 3.92. The summed E-state index contributed by atoms with van der Waals surface area (Å²) in [7, 11) is 0. The lowest BCUT2D eigenvalue weighted by Crippen LogP contribution is -2.59. The van der Waals surface area contributed by atoms with Crippen LogP contribution >= 0.6 is 0 Å². The normalized spacial score (nSPS) is 39.9. The number of hydrogen-bond donors (Lipinski definition) is 4. The highest BCUT2D eigenvalue weighted by atomic mass is 16.7. The van der Waals surface area contributed by atoms with Crippen LogP contribution < -0.4 is 0 Å². The fourth-order valence-electron chi connectivity index (χ4n) is 1.55. The summed E-state index contributed by atoms with van der Waals surface area (Å²) < 4.78 is 10.4. The van der Waals surface area contributed by atoms with Crippen LogP contribution in [0.25, 0.3) is 0 Å². The maximum atomic E-state index is 9.58. The zero-order valence-corrected chi connectivity index (χ0v) is 9.32. The van der Waals surface area contributed by atoms with Crippen LogP contribution in [0.4, 0.5) is 0 Å². The number of hydrogen-bond acceptors (Lipinski definition) is 6. The average molecular weight is 236 g/mol. The zero-order valence-electron chi connectivity index (χ0n) is 9.32. The molecule has 0 spiro atoms. The van der Waals surface area contributed by atoms with Gasteiger partial charge in [-0.3, -0.25) is 0 Å². The molecule has 6 heteroatoms. The van der Waals surface area contributed by atoms with Crippen LogP contribution in [0.2, 0.25) is 0 Å². The standard InChI is InChI=1S/C10H20O6/c1-2-3-4-15-10-9(14)8(13)7(12)6(5-11)16-10/h6-14H,2-5H2,1H3/t6-,7-,8+,9-,10?/m0/s1. The van der Waals surface area contributed by atoms with Gasteiger partial charge in [-0.05, 0) is 6.42 Å². The van der Waals surface area contributed by atoms with Gasteiger partial charge in [0.05, 0.1) is 6.61 Å². The van der Waals surface area contributed by atoms with Gasteiger partial charge in [-0.15, -0.1) is 0 Å². The lowest BCUT2D eigenvalue weighted by molar-refractivity contribution is -0.301. The summed E-state index contributed by atoms with van der Waals surface area (Å²) in [5.41, 5.74) is 0. The smallest absolute Gasteiger partial charge is 0.186 e. The summed E-state index contributed by atoms with van der Waals surface area (Å²) in [6, 6.07) is 0. The van der Waals surface area contributed by atoms with Gasteiger partial charge in [0.15, 0.2) is 6.29 Å². The second kappa shape index (κ2) is 6.48. The van der Waals surface area contributed by atoms with Gasteiger partial charge in [0.1, 0.15) is 24.4 Å². The molecule has 16 heavy (non-hydrogen) atoms. The number of unbranched alkanes of at least 4 members (excludes halogenated alkanes) is 1. The van der Waals surface area contributed by atoms with Crippen LogP contribution in [0.15, 0.2) is 0 Å². The Morgan fingerprint density at radius 1 is 1.12 bits per heavy atom. The summed E-state index contributed by atoms with van der Waals surface area (Å²) in [4.78, 5) is 0. The minimum absolute atomic E-state index is 0.402. The lowest BCUT2D eigenvalue weighted by Gasteiger charge is -2.39. The first kappa shape index (κ1) is 13.8. The van der Waals surface area contributed by atoms with E-state index in [0.29, 0.717) is 6.61 Å². The van der Waals surface area contributed by atoms with Gasteiger partial charge in [-0.25, -0.2) is 0 Å². The molecule has 1 heterocycles. The molecule has 0 aliphatic carbocycles. The Bertz CT molecular complexity index is 198. The molecule has 0 radical (unpaired) electrons. The molecular formula is C10H20O6. The summed E-state index contributed by atoms with van der Waals surface area (Å²) in [5.74, 6) is 0. The number of aliphatic hydroxyl groups is 4. The van der Waals surface area contributed by atoms with Crippen LogP contribution in [-0.2, 0) is 9.47 Å². The molecule has 0 saturated carbocycles. The minimum atomic E-state index is -1.36. The summed E-state index contributed by atoms with van der Waals surface area (Å²) in [5, 5.41) is 37.5. The molecule has 4 N–H and O–H groups in total. The molecule has 1 aliphatic rings. The molecule has 1 fully saturated rings. The van der Waals surface area contributed by atoms with E-state index in [1.807, 2.05) is 6.92 Å². The highest BCUT2D eigenvalue weighted by Gasteiger charge is 2.43. The van der Waals surface area contributed by atoms with Gasteiger partial charge in [-0.2, -0.15) is 0 Å². The first-order chi connectivity index (χ1) is 7.61.